The number of carbonyl (C=O) groups excluding carboxylic acids is 1. The van der Waals surface area contributed by atoms with Crippen molar-refractivity contribution in [3.8, 4) is 0 Å². The van der Waals surface area contributed by atoms with Crippen molar-refractivity contribution in [2.45, 2.75) is 19.9 Å². The van der Waals surface area contributed by atoms with E-state index in [-0.39, 0.29) is 5.82 Å². The molecule has 0 saturated heterocycles. The summed E-state index contributed by atoms with van der Waals surface area (Å²) in [5.41, 5.74) is 5.17. The summed E-state index contributed by atoms with van der Waals surface area (Å²) in [6, 6.07) is 0. The van der Waals surface area contributed by atoms with E-state index in [0.717, 1.165) is 32.7 Å². The van der Waals surface area contributed by atoms with Crippen LogP contribution in [0.25, 0.3) is 0 Å². The maximum Gasteiger partial charge on any atom is 0.284 e. The van der Waals surface area contributed by atoms with Gasteiger partial charge in [-0.15, -0.1) is 0 Å². The molecule has 1 radical (unpaired) electrons. The van der Waals surface area contributed by atoms with Gasteiger partial charge >= 0.3 is 0 Å². The van der Waals surface area contributed by atoms with Gasteiger partial charge in [0.05, 0.1) is 0 Å². The van der Waals surface area contributed by atoms with E-state index in [0.29, 0.717) is 6.54 Å². The highest BCUT2D eigenvalue weighted by Gasteiger charge is 2.07. The third-order valence-corrected chi connectivity index (χ3v) is 2.25. The molecule has 0 bridgehead atoms. The number of primary amides is 1. The van der Waals surface area contributed by atoms with Crippen LogP contribution in [0.3, 0.4) is 0 Å². The third-order valence-electron chi connectivity index (χ3n) is 2.25. The van der Waals surface area contributed by atoms with Crippen LogP contribution >= 0.6 is 0 Å². The number of carbonyl (C=O) groups is 1. The Morgan fingerprint density at radius 2 is 2.47 bits per heavy atom. The monoisotopic (exact) mass is 239 g/mol. The lowest BCUT2D eigenvalue weighted by atomic mass is 10.4. The molecular weight excluding hydrogens is 220 g/mol. The maximum absolute atomic E-state index is 11.0. The smallest absolute Gasteiger partial charge is 0.284 e. The van der Waals surface area contributed by atoms with Crippen LogP contribution in [0, 0.1) is 6.20 Å². The summed E-state index contributed by atoms with van der Waals surface area (Å²) in [5, 5.41) is 3.25. The molecule has 6 heteroatoms. The van der Waals surface area contributed by atoms with Gasteiger partial charge in [0.15, 0.2) is 5.82 Å². The van der Waals surface area contributed by atoms with E-state index in [2.05, 4.69) is 16.5 Å². The molecule has 3 N–H and O–H groups in total. The second-order valence-corrected chi connectivity index (χ2v) is 3.55. The minimum absolute atomic E-state index is 0.251. The predicted octanol–water partition coefficient (Wildman–Crippen LogP) is -0.202. The molecule has 1 aromatic rings. The van der Waals surface area contributed by atoms with Crippen LogP contribution in [0.5, 0.6) is 0 Å². The third kappa shape index (κ3) is 4.97. The van der Waals surface area contributed by atoms with E-state index in [1.807, 2.05) is 6.92 Å². The molecule has 95 valence electrons. The molecule has 1 rings (SSSR count). The number of hydrogen-bond donors (Lipinski definition) is 2. The first-order valence-corrected chi connectivity index (χ1v) is 5.77. The van der Waals surface area contributed by atoms with Gasteiger partial charge in [-0.05, 0) is 19.9 Å². The van der Waals surface area contributed by atoms with Crippen LogP contribution in [-0.2, 0) is 11.3 Å². The first-order chi connectivity index (χ1) is 8.25. The minimum atomic E-state index is -0.525. The molecule has 0 aliphatic heterocycles. The average Bonchev–Trinajstić information content (AvgIpc) is 2.76. The maximum atomic E-state index is 11.0. The molecular formula is C11H19N4O2. The molecule has 0 spiro atoms. The fourth-order valence-corrected chi connectivity index (χ4v) is 1.42. The highest BCUT2D eigenvalue weighted by Crippen LogP contribution is 1.94. The summed E-state index contributed by atoms with van der Waals surface area (Å²) in [6.07, 6.45) is 5.22. The Labute approximate surface area is 101 Å². The van der Waals surface area contributed by atoms with Crippen molar-refractivity contribution in [1.29, 1.82) is 0 Å². The molecule has 0 saturated carbocycles. The molecule has 0 aliphatic rings. The average molecular weight is 239 g/mol. The van der Waals surface area contributed by atoms with E-state index < -0.39 is 5.91 Å². The van der Waals surface area contributed by atoms with Gasteiger partial charge in [0.2, 0.25) is 0 Å². The lowest BCUT2D eigenvalue weighted by Crippen LogP contribution is -2.25. The van der Waals surface area contributed by atoms with Gasteiger partial charge in [0.1, 0.15) is 6.20 Å². The normalized spacial score (nSPS) is 10.6. The SMILES string of the molecule is CCOCCCNCCn1c[c]nc1C(N)=O. The Morgan fingerprint density at radius 1 is 1.65 bits per heavy atom. The van der Waals surface area contributed by atoms with E-state index in [1.165, 1.54) is 0 Å². The number of ether oxygens (including phenoxy) is 1. The Morgan fingerprint density at radius 3 is 3.18 bits per heavy atom. The van der Waals surface area contributed by atoms with E-state index in [9.17, 15) is 4.79 Å². The van der Waals surface area contributed by atoms with E-state index in [4.69, 9.17) is 10.5 Å². The van der Waals surface area contributed by atoms with Crippen LogP contribution in [0.4, 0.5) is 0 Å². The van der Waals surface area contributed by atoms with E-state index in [1.54, 1.807) is 10.8 Å². The molecule has 1 aromatic heterocycles. The van der Waals surface area contributed by atoms with Gasteiger partial charge in [-0.2, -0.15) is 0 Å². The van der Waals surface area contributed by atoms with Gasteiger partial charge in [0.25, 0.3) is 5.91 Å². The first-order valence-electron chi connectivity index (χ1n) is 5.77. The Hall–Kier alpha value is -1.40. The molecule has 1 amide bonds. The second kappa shape index (κ2) is 7.81. The zero-order valence-corrected chi connectivity index (χ0v) is 10.1. The number of amides is 1. The number of nitrogens with zero attached hydrogens (tertiary/aromatic N) is 2. The number of rotatable bonds is 9. The van der Waals surface area contributed by atoms with Gasteiger partial charge in [0, 0.05) is 32.5 Å². The Bertz CT molecular complexity index is 338. The fourth-order valence-electron chi connectivity index (χ4n) is 1.42. The lowest BCUT2D eigenvalue weighted by molar-refractivity contribution is 0.0986. The molecule has 1 heterocycles. The molecule has 0 aliphatic carbocycles. The zero-order chi connectivity index (χ0) is 12.5. The number of hydrogen-bond acceptors (Lipinski definition) is 4. The van der Waals surface area contributed by atoms with Crippen molar-refractivity contribution < 1.29 is 9.53 Å². The molecule has 0 unspecified atom stereocenters. The molecule has 0 fully saturated rings. The van der Waals surface area contributed by atoms with Crippen molar-refractivity contribution in [2.24, 2.45) is 5.73 Å². The summed E-state index contributed by atoms with van der Waals surface area (Å²) in [4.78, 5) is 14.7. The lowest BCUT2D eigenvalue weighted by Gasteiger charge is -2.07. The van der Waals surface area contributed by atoms with Crippen molar-refractivity contribution in [3.63, 3.8) is 0 Å². The van der Waals surface area contributed by atoms with Crippen molar-refractivity contribution >= 4 is 5.91 Å². The van der Waals surface area contributed by atoms with E-state index >= 15 is 0 Å². The van der Waals surface area contributed by atoms with Crippen molar-refractivity contribution in [3.05, 3.63) is 18.2 Å². The molecule has 6 nitrogen and oxygen atoms in total. The number of imidazole rings is 1. The van der Waals surface area contributed by atoms with Crippen LogP contribution in [0.1, 0.15) is 24.0 Å². The van der Waals surface area contributed by atoms with Crippen molar-refractivity contribution in [1.82, 2.24) is 14.9 Å². The number of nitrogens with one attached hydrogen (secondary N) is 1. The van der Waals surface area contributed by atoms with Crippen LogP contribution < -0.4 is 11.1 Å². The fraction of sp³-hybridized carbons (Fsp3) is 0.636. The van der Waals surface area contributed by atoms with Gasteiger partial charge < -0.3 is 20.4 Å². The standard InChI is InChI=1S/C11H19N4O2/c1-2-17-9-3-4-13-5-7-15-8-6-14-11(15)10(12)16/h8,13H,2-5,7,9H2,1H3,(H2,12,16). The zero-order valence-electron chi connectivity index (χ0n) is 10.1. The highest BCUT2D eigenvalue weighted by atomic mass is 16.5. The van der Waals surface area contributed by atoms with Crippen LogP contribution in [-0.4, -0.2) is 41.8 Å². The quantitative estimate of drug-likeness (QED) is 0.585. The summed E-state index contributed by atoms with van der Waals surface area (Å²) in [7, 11) is 0. The highest BCUT2D eigenvalue weighted by molar-refractivity contribution is 5.89. The summed E-state index contributed by atoms with van der Waals surface area (Å²) >= 11 is 0. The summed E-state index contributed by atoms with van der Waals surface area (Å²) < 4.78 is 6.91. The molecule has 17 heavy (non-hydrogen) atoms. The van der Waals surface area contributed by atoms with Gasteiger partial charge in [-0.3, -0.25) is 4.79 Å². The van der Waals surface area contributed by atoms with Crippen LogP contribution in [0.15, 0.2) is 6.20 Å². The summed E-state index contributed by atoms with van der Waals surface area (Å²) in [6.45, 7) is 5.82. The number of nitrogens with two attached hydrogens (primary N) is 1. The van der Waals surface area contributed by atoms with Gasteiger partial charge in [-0.1, -0.05) is 0 Å². The van der Waals surface area contributed by atoms with Crippen molar-refractivity contribution in [2.75, 3.05) is 26.3 Å². The van der Waals surface area contributed by atoms with Crippen LogP contribution in [0.2, 0.25) is 0 Å². The topological polar surface area (TPSA) is 82.2 Å². The molecule has 0 atom stereocenters. The first kappa shape index (κ1) is 13.7. The minimum Gasteiger partial charge on any atom is -0.382 e. The predicted molar refractivity (Wildman–Crippen MR) is 63.6 cm³/mol. The second-order valence-electron chi connectivity index (χ2n) is 3.55. The number of aromatic nitrogens is 2. The Kier molecular flexibility index (Phi) is 6.27. The molecule has 0 aromatic carbocycles. The van der Waals surface area contributed by atoms with Gasteiger partial charge in [-0.25, -0.2) is 4.98 Å². The Balaban J connectivity index is 2.14. The summed E-state index contributed by atoms with van der Waals surface area (Å²) in [5.74, 6) is -0.274. The largest absolute Gasteiger partial charge is 0.382 e.